The molecule has 0 heterocycles. The van der Waals surface area contributed by atoms with E-state index in [1.165, 1.54) is 5.56 Å². The van der Waals surface area contributed by atoms with Crippen molar-refractivity contribution in [3.05, 3.63) is 35.9 Å². The predicted octanol–water partition coefficient (Wildman–Crippen LogP) is 3.37. The summed E-state index contributed by atoms with van der Waals surface area (Å²) in [5.41, 5.74) is 2.34. The van der Waals surface area contributed by atoms with Crippen molar-refractivity contribution in [2.75, 3.05) is 0 Å². The van der Waals surface area contributed by atoms with Crippen LogP contribution in [0.25, 0.3) is 0 Å². The molecule has 0 spiro atoms. The Hall–Kier alpha value is -1.44. The van der Waals surface area contributed by atoms with Crippen LogP contribution in [0.2, 0.25) is 0 Å². The molecular weight excluding hydrogens is 210 g/mol. The molecule has 1 fully saturated rings. The minimum absolute atomic E-state index is 0.285. The molecule has 1 saturated carbocycles. The molecule has 0 aliphatic heterocycles. The van der Waals surface area contributed by atoms with Gasteiger partial charge in [-0.05, 0) is 31.7 Å². The number of rotatable bonds is 2. The van der Waals surface area contributed by atoms with Gasteiger partial charge in [0.1, 0.15) is 5.78 Å². The highest BCUT2D eigenvalue weighted by Gasteiger charge is 2.25. The first-order chi connectivity index (χ1) is 8.15. The van der Waals surface area contributed by atoms with E-state index in [9.17, 15) is 4.79 Å². The minimum Gasteiger partial charge on any atom is -0.299 e. The highest BCUT2D eigenvalue weighted by molar-refractivity contribution is 6.05. The van der Waals surface area contributed by atoms with Gasteiger partial charge in [-0.1, -0.05) is 30.3 Å². The predicted molar refractivity (Wildman–Crippen MR) is 70.6 cm³/mol. The zero-order valence-electron chi connectivity index (χ0n) is 10.5. The van der Waals surface area contributed by atoms with E-state index in [2.05, 4.69) is 31.0 Å². The van der Waals surface area contributed by atoms with E-state index in [-0.39, 0.29) is 6.04 Å². The first-order valence-electron chi connectivity index (χ1n) is 6.27. The van der Waals surface area contributed by atoms with Crippen LogP contribution in [0.1, 0.15) is 44.6 Å². The second-order valence-corrected chi connectivity index (χ2v) is 5.02. The maximum Gasteiger partial charge on any atom is 0.139 e. The molecule has 0 amide bonds. The summed E-state index contributed by atoms with van der Waals surface area (Å²) >= 11 is 0. The van der Waals surface area contributed by atoms with Gasteiger partial charge in [-0.2, -0.15) is 0 Å². The topological polar surface area (TPSA) is 29.4 Å². The molecule has 1 aromatic rings. The zero-order chi connectivity index (χ0) is 12.3. The number of hydrogen-bond donors (Lipinski definition) is 0. The van der Waals surface area contributed by atoms with E-state index >= 15 is 0 Å². The summed E-state index contributed by atoms with van der Waals surface area (Å²) in [6.45, 7) is 4.12. The van der Waals surface area contributed by atoms with Crippen molar-refractivity contribution >= 4 is 11.5 Å². The van der Waals surface area contributed by atoms with Gasteiger partial charge in [-0.3, -0.25) is 9.79 Å². The largest absolute Gasteiger partial charge is 0.299 e. The van der Waals surface area contributed by atoms with Crippen LogP contribution in [0.5, 0.6) is 0 Å². The van der Waals surface area contributed by atoms with Gasteiger partial charge in [0.15, 0.2) is 0 Å². The molecule has 0 unspecified atom stereocenters. The molecule has 0 aromatic heterocycles. The summed E-state index contributed by atoms with van der Waals surface area (Å²) in [5.74, 6) is 0.652. The Kier molecular flexibility index (Phi) is 3.72. The second-order valence-electron chi connectivity index (χ2n) is 5.02. The number of Topliss-reactive ketones (excluding diaryl/α,β-unsaturated/α-hetero) is 1. The van der Waals surface area contributed by atoms with Crippen LogP contribution < -0.4 is 0 Å². The lowest BCUT2D eigenvalue weighted by atomic mass is 9.82. The molecule has 0 saturated heterocycles. The molecule has 2 nitrogen and oxygen atoms in total. The molecule has 0 N–H and O–H groups in total. The summed E-state index contributed by atoms with van der Waals surface area (Å²) in [5, 5.41) is 0. The van der Waals surface area contributed by atoms with Crippen molar-refractivity contribution in [3.8, 4) is 0 Å². The molecule has 1 aromatic carbocycles. The molecule has 1 aliphatic carbocycles. The highest BCUT2D eigenvalue weighted by atomic mass is 16.1. The lowest BCUT2D eigenvalue weighted by molar-refractivity contribution is -0.118. The van der Waals surface area contributed by atoms with Crippen molar-refractivity contribution in [2.24, 2.45) is 4.99 Å². The Balaban J connectivity index is 2.17. The first-order valence-corrected chi connectivity index (χ1v) is 6.27. The lowest BCUT2D eigenvalue weighted by Crippen LogP contribution is -2.22. The molecular formula is C15H19NO. The van der Waals surface area contributed by atoms with E-state index in [1.54, 1.807) is 0 Å². The molecule has 1 aliphatic rings. The average molecular weight is 229 g/mol. The van der Waals surface area contributed by atoms with E-state index in [0.717, 1.165) is 12.1 Å². The lowest BCUT2D eigenvalue weighted by Gasteiger charge is -2.23. The Bertz CT molecular complexity index is 420. The molecule has 0 bridgehead atoms. The third-order valence-corrected chi connectivity index (χ3v) is 3.07. The Labute approximate surface area is 103 Å². The SMILES string of the molecule is CC(C)N=C1CC(=O)C[C@H](c2ccccc2)C1. The number of nitrogens with zero attached hydrogens (tertiary/aromatic N) is 1. The summed E-state index contributed by atoms with van der Waals surface area (Å²) < 4.78 is 0. The fourth-order valence-electron chi connectivity index (χ4n) is 2.43. The van der Waals surface area contributed by atoms with Gasteiger partial charge in [0.2, 0.25) is 0 Å². The number of hydrogen-bond acceptors (Lipinski definition) is 2. The van der Waals surface area contributed by atoms with Gasteiger partial charge in [0, 0.05) is 24.6 Å². The number of carbonyl (C=O) groups excluding carboxylic acids is 1. The second kappa shape index (κ2) is 5.26. The highest BCUT2D eigenvalue weighted by Crippen LogP contribution is 2.29. The number of aliphatic imine (C=N–C) groups is 1. The van der Waals surface area contributed by atoms with E-state index in [0.29, 0.717) is 24.5 Å². The normalized spacial score (nSPS) is 23.4. The van der Waals surface area contributed by atoms with Crippen molar-refractivity contribution in [1.29, 1.82) is 0 Å². The monoisotopic (exact) mass is 229 g/mol. The van der Waals surface area contributed by atoms with Crippen LogP contribution in [-0.2, 0) is 4.79 Å². The number of carbonyl (C=O) groups is 1. The third kappa shape index (κ3) is 3.26. The van der Waals surface area contributed by atoms with Crippen molar-refractivity contribution in [3.63, 3.8) is 0 Å². The number of benzene rings is 1. The van der Waals surface area contributed by atoms with Gasteiger partial charge in [0.25, 0.3) is 0 Å². The van der Waals surface area contributed by atoms with Crippen LogP contribution in [-0.4, -0.2) is 17.5 Å². The van der Waals surface area contributed by atoms with Crippen LogP contribution >= 0.6 is 0 Å². The quantitative estimate of drug-likeness (QED) is 0.764. The van der Waals surface area contributed by atoms with Gasteiger partial charge >= 0.3 is 0 Å². The molecule has 90 valence electrons. The maximum atomic E-state index is 11.8. The smallest absolute Gasteiger partial charge is 0.139 e. The summed E-state index contributed by atoms with van der Waals surface area (Å²) in [6, 6.07) is 10.6. The van der Waals surface area contributed by atoms with E-state index < -0.39 is 0 Å². The zero-order valence-corrected chi connectivity index (χ0v) is 10.5. The van der Waals surface area contributed by atoms with Crippen LogP contribution in [0, 0.1) is 0 Å². The van der Waals surface area contributed by atoms with Gasteiger partial charge in [0.05, 0.1) is 0 Å². The van der Waals surface area contributed by atoms with Gasteiger partial charge in [-0.25, -0.2) is 0 Å². The summed E-state index contributed by atoms with van der Waals surface area (Å²) in [4.78, 5) is 16.3. The fraction of sp³-hybridized carbons (Fsp3) is 0.467. The van der Waals surface area contributed by atoms with Crippen molar-refractivity contribution < 1.29 is 4.79 Å². The fourth-order valence-corrected chi connectivity index (χ4v) is 2.43. The molecule has 1 atom stereocenters. The van der Waals surface area contributed by atoms with Crippen LogP contribution in [0.3, 0.4) is 0 Å². The molecule has 2 rings (SSSR count). The van der Waals surface area contributed by atoms with Crippen molar-refractivity contribution in [1.82, 2.24) is 0 Å². The number of ketones is 1. The van der Waals surface area contributed by atoms with Crippen LogP contribution in [0.15, 0.2) is 35.3 Å². The molecule has 2 heteroatoms. The first kappa shape index (κ1) is 12.0. The molecule has 17 heavy (non-hydrogen) atoms. The van der Waals surface area contributed by atoms with Gasteiger partial charge in [-0.15, -0.1) is 0 Å². The van der Waals surface area contributed by atoms with Crippen LogP contribution in [0.4, 0.5) is 0 Å². The van der Waals surface area contributed by atoms with E-state index in [4.69, 9.17) is 0 Å². The maximum absolute atomic E-state index is 11.8. The Morgan fingerprint density at radius 1 is 1.18 bits per heavy atom. The summed E-state index contributed by atoms with van der Waals surface area (Å²) in [7, 11) is 0. The minimum atomic E-state index is 0.285. The Morgan fingerprint density at radius 3 is 2.53 bits per heavy atom. The standard InChI is InChI=1S/C15H19NO/c1-11(2)16-14-8-13(9-15(17)10-14)12-6-4-3-5-7-12/h3-7,11,13H,8-10H2,1-2H3/t13-/m1/s1. The van der Waals surface area contributed by atoms with Gasteiger partial charge < -0.3 is 0 Å². The van der Waals surface area contributed by atoms with Crippen molar-refractivity contribution in [2.45, 2.75) is 45.1 Å². The molecule has 0 radical (unpaired) electrons. The average Bonchev–Trinajstić information content (AvgIpc) is 2.28. The summed E-state index contributed by atoms with van der Waals surface area (Å²) in [6.07, 6.45) is 2.16. The third-order valence-electron chi connectivity index (χ3n) is 3.07. The Morgan fingerprint density at radius 2 is 1.88 bits per heavy atom. The van der Waals surface area contributed by atoms with E-state index in [1.807, 2.05) is 18.2 Å².